The lowest BCUT2D eigenvalue weighted by molar-refractivity contribution is 0.0663. The van der Waals surface area contributed by atoms with E-state index in [2.05, 4.69) is 22.2 Å². The van der Waals surface area contributed by atoms with Gasteiger partial charge in [-0.25, -0.2) is 4.79 Å². The lowest BCUT2D eigenvalue weighted by atomic mass is 10.0. The molecule has 0 bridgehead atoms. The zero-order valence-corrected chi connectivity index (χ0v) is 17.7. The van der Waals surface area contributed by atoms with E-state index in [9.17, 15) is 14.7 Å². The molecule has 1 aliphatic heterocycles. The smallest absolute Gasteiger partial charge is 0.371 e. The van der Waals surface area contributed by atoms with Crippen molar-refractivity contribution in [3.05, 3.63) is 70.9 Å². The summed E-state index contributed by atoms with van der Waals surface area (Å²) < 4.78 is 5.67. The number of rotatable bonds is 5. The largest absolute Gasteiger partial charge is 0.475 e. The number of aromatic carboxylic acids is 1. The third-order valence-electron chi connectivity index (χ3n) is 5.28. The van der Waals surface area contributed by atoms with Crippen LogP contribution >= 0.6 is 11.6 Å². The van der Waals surface area contributed by atoms with E-state index < -0.39 is 11.9 Å². The molecule has 1 fully saturated rings. The second-order valence-corrected chi connectivity index (χ2v) is 7.86. The normalized spacial score (nSPS) is 14.5. The van der Waals surface area contributed by atoms with Crippen LogP contribution in [0.3, 0.4) is 0 Å². The summed E-state index contributed by atoms with van der Waals surface area (Å²) in [5.41, 5.74) is 2.29. The lowest BCUT2D eigenvalue weighted by Crippen LogP contribution is -2.44. The van der Waals surface area contributed by atoms with Crippen molar-refractivity contribution in [1.29, 1.82) is 0 Å². The van der Waals surface area contributed by atoms with Gasteiger partial charge in [-0.05, 0) is 43.4 Å². The molecular formula is C23H22ClN3O4. The predicted octanol–water partition coefficient (Wildman–Crippen LogP) is 4.30. The Hall–Kier alpha value is -3.29. The molecule has 1 aromatic heterocycles. The van der Waals surface area contributed by atoms with Crippen LogP contribution in [0.1, 0.15) is 20.9 Å². The van der Waals surface area contributed by atoms with Crippen LogP contribution in [0.25, 0.3) is 11.3 Å². The van der Waals surface area contributed by atoms with Crippen LogP contribution < -0.4 is 10.2 Å². The number of amides is 1. The van der Waals surface area contributed by atoms with E-state index in [1.54, 1.807) is 24.3 Å². The van der Waals surface area contributed by atoms with Crippen LogP contribution in [-0.2, 0) is 0 Å². The highest BCUT2D eigenvalue weighted by atomic mass is 35.5. The van der Waals surface area contributed by atoms with E-state index >= 15 is 0 Å². The minimum Gasteiger partial charge on any atom is -0.475 e. The number of benzene rings is 2. The van der Waals surface area contributed by atoms with Gasteiger partial charge in [-0.3, -0.25) is 4.79 Å². The van der Waals surface area contributed by atoms with Gasteiger partial charge in [0.1, 0.15) is 5.76 Å². The Kier molecular flexibility index (Phi) is 5.97. The quantitative estimate of drug-likeness (QED) is 0.616. The summed E-state index contributed by atoms with van der Waals surface area (Å²) in [6.45, 7) is 3.48. The van der Waals surface area contributed by atoms with Crippen LogP contribution in [0.5, 0.6) is 0 Å². The summed E-state index contributed by atoms with van der Waals surface area (Å²) in [5.74, 6) is -1.74. The molecule has 2 N–H and O–H groups in total. The van der Waals surface area contributed by atoms with Crippen LogP contribution in [0.15, 0.2) is 59.0 Å². The minimum absolute atomic E-state index is 0.161. The number of halogens is 1. The summed E-state index contributed by atoms with van der Waals surface area (Å²) in [4.78, 5) is 29.1. The Morgan fingerprint density at radius 1 is 1.03 bits per heavy atom. The van der Waals surface area contributed by atoms with Gasteiger partial charge in [0, 0.05) is 54.2 Å². The molecule has 0 saturated carbocycles. The van der Waals surface area contributed by atoms with Gasteiger partial charge < -0.3 is 24.6 Å². The molecule has 1 amide bonds. The highest BCUT2D eigenvalue weighted by Gasteiger charge is 2.26. The molecule has 1 saturated heterocycles. The first-order chi connectivity index (χ1) is 14.9. The summed E-state index contributed by atoms with van der Waals surface area (Å²) >= 11 is 5.91. The van der Waals surface area contributed by atoms with Gasteiger partial charge in [-0.2, -0.15) is 0 Å². The molecule has 8 heteroatoms. The Balaban J connectivity index is 1.73. The third kappa shape index (κ3) is 4.57. The molecule has 7 nitrogen and oxygen atoms in total. The number of anilines is 2. The number of carbonyl (C=O) groups excluding carboxylic acids is 1. The van der Waals surface area contributed by atoms with Crippen molar-refractivity contribution in [2.75, 3.05) is 43.4 Å². The first kappa shape index (κ1) is 21.0. The van der Waals surface area contributed by atoms with Crippen LogP contribution in [0.4, 0.5) is 11.4 Å². The molecule has 31 heavy (non-hydrogen) atoms. The number of para-hydroxylation sites is 1. The minimum atomic E-state index is -1.23. The first-order valence-corrected chi connectivity index (χ1v) is 10.3. The number of carboxylic acid groups (broad SMARTS) is 1. The average Bonchev–Trinajstić information content (AvgIpc) is 3.22. The zero-order valence-electron chi connectivity index (χ0n) is 17.0. The molecule has 0 aliphatic carbocycles. The highest BCUT2D eigenvalue weighted by Crippen LogP contribution is 2.36. The van der Waals surface area contributed by atoms with Crippen LogP contribution in [-0.4, -0.2) is 55.1 Å². The summed E-state index contributed by atoms with van der Waals surface area (Å²) in [6.07, 6.45) is 0. The van der Waals surface area contributed by atoms with Gasteiger partial charge in [0.05, 0.1) is 5.56 Å². The van der Waals surface area contributed by atoms with Gasteiger partial charge in [0.25, 0.3) is 5.91 Å². The number of furan rings is 1. The van der Waals surface area contributed by atoms with Crippen LogP contribution in [0, 0.1) is 0 Å². The molecule has 160 valence electrons. The van der Waals surface area contributed by atoms with E-state index in [1.807, 2.05) is 24.3 Å². The Morgan fingerprint density at radius 3 is 2.39 bits per heavy atom. The van der Waals surface area contributed by atoms with Gasteiger partial charge in [-0.15, -0.1) is 0 Å². The molecule has 0 spiro atoms. The second-order valence-electron chi connectivity index (χ2n) is 7.43. The number of nitrogens with one attached hydrogen (secondary N) is 1. The molecular weight excluding hydrogens is 418 g/mol. The Bertz CT molecular complexity index is 1100. The molecule has 0 radical (unpaired) electrons. The summed E-state index contributed by atoms with van der Waals surface area (Å²) in [5, 5.41) is 12.8. The molecule has 2 heterocycles. The van der Waals surface area contributed by atoms with Crippen molar-refractivity contribution in [2.45, 2.75) is 0 Å². The van der Waals surface area contributed by atoms with Crippen molar-refractivity contribution in [1.82, 2.24) is 4.90 Å². The SMILES string of the molecule is CN1CCN(c2ccccc2-c2oc(C(=O)O)cc2C(=O)Nc2ccc(Cl)cc2)CC1. The fraction of sp³-hybridized carbons (Fsp3) is 0.217. The van der Waals surface area contributed by atoms with Gasteiger partial charge in [0.2, 0.25) is 5.76 Å². The molecule has 4 rings (SSSR count). The van der Waals surface area contributed by atoms with Crippen molar-refractivity contribution in [3.8, 4) is 11.3 Å². The van der Waals surface area contributed by atoms with Gasteiger partial charge in [0.15, 0.2) is 0 Å². The highest BCUT2D eigenvalue weighted by molar-refractivity contribution is 6.30. The number of carbonyl (C=O) groups is 2. The maximum Gasteiger partial charge on any atom is 0.371 e. The monoisotopic (exact) mass is 439 g/mol. The Morgan fingerprint density at radius 2 is 1.71 bits per heavy atom. The van der Waals surface area contributed by atoms with Gasteiger partial charge >= 0.3 is 5.97 Å². The van der Waals surface area contributed by atoms with E-state index in [-0.39, 0.29) is 17.1 Å². The van der Waals surface area contributed by atoms with Crippen molar-refractivity contribution >= 4 is 34.9 Å². The molecule has 1 aliphatic rings. The Labute approximate surface area is 184 Å². The standard InChI is InChI=1S/C23H22ClN3O4/c1-26-10-12-27(13-11-26)19-5-3-2-4-17(19)21-18(14-20(31-21)23(29)30)22(28)25-16-8-6-15(24)7-9-16/h2-9,14H,10-13H2,1H3,(H,25,28)(H,29,30). The fourth-order valence-electron chi connectivity index (χ4n) is 3.59. The number of piperazine rings is 1. The van der Waals surface area contributed by atoms with E-state index in [1.165, 1.54) is 6.07 Å². The summed E-state index contributed by atoms with van der Waals surface area (Å²) in [6, 6.07) is 15.5. The zero-order chi connectivity index (χ0) is 22.0. The van der Waals surface area contributed by atoms with Crippen molar-refractivity contribution < 1.29 is 19.1 Å². The van der Waals surface area contributed by atoms with E-state index in [4.69, 9.17) is 16.0 Å². The predicted molar refractivity (Wildman–Crippen MR) is 120 cm³/mol. The van der Waals surface area contributed by atoms with E-state index in [0.29, 0.717) is 16.3 Å². The molecule has 0 unspecified atom stereocenters. The van der Waals surface area contributed by atoms with Gasteiger partial charge in [-0.1, -0.05) is 23.7 Å². The third-order valence-corrected chi connectivity index (χ3v) is 5.53. The molecule has 2 aromatic carbocycles. The van der Waals surface area contributed by atoms with Crippen molar-refractivity contribution in [3.63, 3.8) is 0 Å². The average molecular weight is 440 g/mol. The number of nitrogens with zero attached hydrogens (tertiary/aromatic N) is 2. The van der Waals surface area contributed by atoms with E-state index in [0.717, 1.165) is 31.9 Å². The maximum atomic E-state index is 13.0. The lowest BCUT2D eigenvalue weighted by Gasteiger charge is -2.35. The molecule has 3 aromatic rings. The fourth-order valence-corrected chi connectivity index (χ4v) is 3.71. The summed E-state index contributed by atoms with van der Waals surface area (Å²) in [7, 11) is 2.08. The first-order valence-electron chi connectivity index (χ1n) is 9.89. The number of hydrogen-bond acceptors (Lipinski definition) is 5. The topological polar surface area (TPSA) is 86.0 Å². The maximum absolute atomic E-state index is 13.0. The number of hydrogen-bond donors (Lipinski definition) is 2. The second kappa shape index (κ2) is 8.83. The van der Waals surface area contributed by atoms with Crippen LogP contribution in [0.2, 0.25) is 5.02 Å². The molecule has 0 atom stereocenters. The number of carboxylic acids is 1. The van der Waals surface area contributed by atoms with Crippen molar-refractivity contribution in [2.24, 2.45) is 0 Å². The number of likely N-dealkylation sites (N-methyl/N-ethyl adjacent to an activating group) is 1.